The molecule has 0 aromatic rings. The molecule has 0 unspecified atom stereocenters. The third-order valence-corrected chi connectivity index (χ3v) is 11.1. The van der Waals surface area contributed by atoms with Crippen LogP contribution in [0.1, 0.15) is 68.7 Å². The van der Waals surface area contributed by atoms with E-state index >= 15 is 0 Å². The van der Waals surface area contributed by atoms with Crippen molar-refractivity contribution in [1.82, 2.24) is 0 Å². The average molecular weight is 301 g/mol. The summed E-state index contributed by atoms with van der Waals surface area (Å²) in [5.74, 6) is 0.409. The molecule has 0 amide bonds. The summed E-state index contributed by atoms with van der Waals surface area (Å²) in [6, 6.07) is 0. The molecule has 0 aliphatic carbocycles. The van der Waals surface area contributed by atoms with Crippen LogP contribution in [0, 0.1) is 11.8 Å². The lowest BCUT2D eigenvalue weighted by Gasteiger charge is -2.46. The zero-order valence-electron chi connectivity index (χ0n) is 15.1. The predicted molar refractivity (Wildman–Crippen MR) is 90.6 cm³/mol. The van der Waals surface area contributed by atoms with Gasteiger partial charge in [0.15, 0.2) is 0 Å². The minimum atomic E-state index is -1.91. The first-order valence-corrected chi connectivity index (χ1v) is 10.4. The number of rotatable bonds is 9. The number of hydrogen-bond acceptors (Lipinski definition) is 2. The molecule has 0 saturated heterocycles. The Labute approximate surface area is 127 Å². The summed E-state index contributed by atoms with van der Waals surface area (Å²) in [4.78, 5) is 11.3. The molecule has 0 bridgehead atoms. The van der Waals surface area contributed by atoms with E-state index in [0.29, 0.717) is 22.5 Å². The molecule has 0 spiro atoms. The molecule has 3 atom stereocenters. The van der Waals surface area contributed by atoms with Gasteiger partial charge in [0.1, 0.15) is 6.29 Å². The monoisotopic (exact) mass is 300 g/mol. The van der Waals surface area contributed by atoms with E-state index in [9.17, 15) is 4.79 Å². The topological polar surface area (TPSA) is 26.3 Å². The molecule has 2 nitrogen and oxygen atoms in total. The van der Waals surface area contributed by atoms with Crippen LogP contribution < -0.4 is 0 Å². The second-order valence-corrected chi connectivity index (χ2v) is 12.7. The van der Waals surface area contributed by atoms with E-state index in [-0.39, 0.29) is 12.0 Å². The van der Waals surface area contributed by atoms with Crippen molar-refractivity contribution in [2.45, 2.75) is 91.5 Å². The zero-order chi connectivity index (χ0) is 16.1. The van der Waals surface area contributed by atoms with Crippen molar-refractivity contribution in [2.75, 3.05) is 0 Å². The molecule has 0 fully saturated rings. The summed E-state index contributed by atoms with van der Waals surface area (Å²) < 4.78 is 6.84. The normalized spacial score (nSPS) is 17.6. The summed E-state index contributed by atoms with van der Waals surface area (Å²) in [6.07, 6.45) is 2.19. The Morgan fingerprint density at radius 1 is 0.900 bits per heavy atom. The third-order valence-electron chi connectivity index (χ3n) is 4.98. The highest BCUT2D eigenvalue weighted by Crippen LogP contribution is 2.44. The maximum Gasteiger partial charge on any atom is 0.200 e. The smallest absolute Gasteiger partial charge is 0.200 e. The summed E-state index contributed by atoms with van der Waals surface area (Å²) >= 11 is 0. The number of hydrogen-bond donors (Lipinski definition) is 0. The minimum absolute atomic E-state index is 0.0203. The fourth-order valence-corrected chi connectivity index (χ4v) is 9.43. The quantitative estimate of drug-likeness (QED) is 0.419. The van der Waals surface area contributed by atoms with Gasteiger partial charge in [0.05, 0.1) is 6.10 Å². The first-order valence-electron chi connectivity index (χ1n) is 8.28. The van der Waals surface area contributed by atoms with Crippen molar-refractivity contribution in [3.63, 3.8) is 0 Å². The fraction of sp³-hybridized carbons (Fsp3) is 0.941. The van der Waals surface area contributed by atoms with Gasteiger partial charge in [0.2, 0.25) is 8.32 Å². The number of carbonyl (C=O) groups excluding carboxylic acids is 1. The summed E-state index contributed by atoms with van der Waals surface area (Å²) in [6.45, 7) is 20.2. The second-order valence-electron chi connectivity index (χ2n) is 7.28. The zero-order valence-corrected chi connectivity index (χ0v) is 16.1. The first-order chi connectivity index (χ1) is 9.14. The lowest BCUT2D eigenvalue weighted by molar-refractivity contribution is -0.114. The minimum Gasteiger partial charge on any atom is -0.412 e. The van der Waals surface area contributed by atoms with E-state index in [0.717, 1.165) is 12.7 Å². The van der Waals surface area contributed by atoms with E-state index in [1.54, 1.807) is 0 Å². The van der Waals surface area contributed by atoms with Crippen LogP contribution in [-0.4, -0.2) is 20.7 Å². The highest BCUT2D eigenvalue weighted by atomic mass is 28.4. The van der Waals surface area contributed by atoms with Gasteiger partial charge in [0.25, 0.3) is 0 Å². The van der Waals surface area contributed by atoms with Crippen molar-refractivity contribution in [3.05, 3.63) is 0 Å². The van der Waals surface area contributed by atoms with E-state index in [1.165, 1.54) is 0 Å². The van der Waals surface area contributed by atoms with Gasteiger partial charge in [-0.3, -0.25) is 0 Å². The molecular weight excluding hydrogens is 264 g/mol. The van der Waals surface area contributed by atoms with Gasteiger partial charge in [-0.05, 0) is 22.5 Å². The Kier molecular flexibility index (Phi) is 8.26. The number of carbonyl (C=O) groups is 1. The third kappa shape index (κ3) is 4.17. The molecular formula is C17H36O2Si. The molecule has 120 valence electrons. The Bertz CT molecular complexity index is 265. The van der Waals surface area contributed by atoms with Crippen LogP contribution in [0.5, 0.6) is 0 Å². The Balaban J connectivity index is 5.53. The predicted octanol–water partition coefficient (Wildman–Crippen LogP) is 5.43. The fourth-order valence-electron chi connectivity index (χ4n) is 3.70. The van der Waals surface area contributed by atoms with Crippen molar-refractivity contribution >= 4 is 14.6 Å². The molecule has 0 heterocycles. The van der Waals surface area contributed by atoms with Crippen molar-refractivity contribution in [2.24, 2.45) is 11.8 Å². The Morgan fingerprint density at radius 2 is 1.30 bits per heavy atom. The van der Waals surface area contributed by atoms with Crippen LogP contribution in [0.25, 0.3) is 0 Å². The lowest BCUT2D eigenvalue weighted by atomic mass is 9.93. The van der Waals surface area contributed by atoms with Gasteiger partial charge in [-0.15, -0.1) is 0 Å². The van der Waals surface area contributed by atoms with E-state index in [2.05, 4.69) is 55.4 Å². The van der Waals surface area contributed by atoms with Gasteiger partial charge >= 0.3 is 0 Å². The van der Waals surface area contributed by atoms with Crippen LogP contribution in [-0.2, 0) is 9.22 Å². The molecule has 20 heavy (non-hydrogen) atoms. The van der Waals surface area contributed by atoms with Crippen LogP contribution in [0.4, 0.5) is 0 Å². The Hall–Kier alpha value is -0.153. The summed E-state index contributed by atoms with van der Waals surface area (Å²) in [5.41, 5.74) is 1.69. The van der Waals surface area contributed by atoms with Gasteiger partial charge in [-0.2, -0.15) is 0 Å². The maximum absolute atomic E-state index is 11.3. The summed E-state index contributed by atoms with van der Waals surface area (Å²) in [5, 5.41) is 0. The molecule has 3 heteroatoms. The van der Waals surface area contributed by atoms with E-state index < -0.39 is 8.32 Å². The standard InChI is InChI=1S/C17H36O2Si/c1-10-15(8)17(16(9)11-18)19-20(12(2)3,13(4)5)14(6)7/h11-17H,10H2,1-9H3/t15-,16-,17-/m1/s1. The molecule has 0 rings (SSSR count). The van der Waals surface area contributed by atoms with Crippen molar-refractivity contribution in [3.8, 4) is 0 Å². The molecule has 0 aromatic heterocycles. The van der Waals surface area contributed by atoms with Gasteiger partial charge in [-0.25, -0.2) is 0 Å². The first kappa shape index (κ1) is 19.8. The molecule has 0 aliphatic heterocycles. The molecule has 0 aromatic carbocycles. The lowest BCUT2D eigenvalue weighted by Crippen LogP contribution is -2.52. The Morgan fingerprint density at radius 3 is 1.55 bits per heavy atom. The van der Waals surface area contributed by atoms with Gasteiger partial charge in [0, 0.05) is 5.92 Å². The van der Waals surface area contributed by atoms with Crippen LogP contribution in [0.3, 0.4) is 0 Å². The van der Waals surface area contributed by atoms with Crippen LogP contribution >= 0.6 is 0 Å². The van der Waals surface area contributed by atoms with E-state index in [1.807, 2.05) is 6.92 Å². The van der Waals surface area contributed by atoms with Crippen molar-refractivity contribution < 1.29 is 9.22 Å². The average Bonchev–Trinajstić information content (AvgIpc) is 2.37. The van der Waals surface area contributed by atoms with Crippen molar-refractivity contribution in [1.29, 1.82) is 0 Å². The molecule has 0 N–H and O–H groups in total. The van der Waals surface area contributed by atoms with Crippen LogP contribution in [0.2, 0.25) is 16.6 Å². The van der Waals surface area contributed by atoms with Gasteiger partial charge < -0.3 is 9.22 Å². The SMILES string of the molecule is CC[C@@H](C)[C@@H](O[Si](C(C)C)(C(C)C)C(C)C)[C@H](C)C=O. The second kappa shape index (κ2) is 8.33. The summed E-state index contributed by atoms with van der Waals surface area (Å²) in [7, 11) is -1.91. The van der Waals surface area contributed by atoms with E-state index in [4.69, 9.17) is 4.43 Å². The highest BCUT2D eigenvalue weighted by molar-refractivity contribution is 6.77. The van der Waals surface area contributed by atoms with Gasteiger partial charge in [-0.1, -0.05) is 68.7 Å². The highest BCUT2D eigenvalue weighted by Gasteiger charge is 2.47. The largest absolute Gasteiger partial charge is 0.412 e. The molecule has 0 radical (unpaired) electrons. The molecule has 0 saturated carbocycles. The maximum atomic E-state index is 11.3. The van der Waals surface area contributed by atoms with Crippen LogP contribution in [0.15, 0.2) is 0 Å². The molecule has 0 aliphatic rings. The number of aldehydes is 1.